The van der Waals surface area contributed by atoms with Crippen molar-refractivity contribution in [1.82, 2.24) is 0 Å². The summed E-state index contributed by atoms with van der Waals surface area (Å²) in [6.07, 6.45) is -0.0579. The van der Waals surface area contributed by atoms with Crippen LogP contribution in [0, 0.1) is 5.92 Å². The summed E-state index contributed by atoms with van der Waals surface area (Å²) in [6, 6.07) is 22.0. The van der Waals surface area contributed by atoms with Gasteiger partial charge in [0.2, 0.25) is 5.91 Å². The third kappa shape index (κ3) is 3.28. The maximum atomic E-state index is 13.7. The van der Waals surface area contributed by atoms with Gasteiger partial charge < -0.3 is 0 Å². The summed E-state index contributed by atoms with van der Waals surface area (Å²) in [4.78, 5) is 34.3. The minimum absolute atomic E-state index is 0.204. The molecule has 0 N–H and O–H groups in total. The lowest BCUT2D eigenvalue weighted by Gasteiger charge is -2.29. The molecule has 5 nitrogen and oxygen atoms in total. The van der Waals surface area contributed by atoms with Gasteiger partial charge in [0.05, 0.1) is 27.5 Å². The Kier molecular flexibility index (Phi) is 5.41. The molecule has 0 spiro atoms. The van der Waals surface area contributed by atoms with Gasteiger partial charge in [0.15, 0.2) is 6.10 Å². The summed E-state index contributed by atoms with van der Waals surface area (Å²) in [5.41, 5.74) is 3.06. The summed E-state index contributed by atoms with van der Waals surface area (Å²) < 4.78 is 0. The first kappa shape index (κ1) is 21.0. The van der Waals surface area contributed by atoms with Crippen molar-refractivity contribution in [2.24, 2.45) is 5.92 Å². The topological polar surface area (TPSA) is 49.9 Å². The molecule has 5 rings (SSSR count). The monoisotopic (exact) mass is 466 g/mol. The van der Waals surface area contributed by atoms with E-state index in [9.17, 15) is 9.59 Å². The molecule has 0 saturated carbocycles. The molecule has 3 aromatic rings. The van der Waals surface area contributed by atoms with E-state index in [-0.39, 0.29) is 21.6 Å². The van der Waals surface area contributed by atoms with Crippen LogP contribution in [-0.2, 0) is 20.8 Å². The number of rotatable bonds is 4. The Bertz CT molecular complexity index is 1160. The maximum Gasteiger partial charge on any atom is 0.266 e. The van der Waals surface area contributed by atoms with Crippen molar-refractivity contribution in [3.8, 4) is 0 Å². The standard InChI is InChI=1S/C25H20Cl2N2O3/c1-2-15-11-13-16(14-12-15)21-20-23(32-29(21)17-7-4-3-5-8-17)25(31)28(24(20)30)22-18(26)9-6-10-19(22)27/h3-14,20-21,23H,2H2,1H3/t20-,21+,23-/m1/s1. The number of amides is 2. The molecule has 7 heteroatoms. The number of fused-ring (bicyclic) bond motifs is 1. The van der Waals surface area contributed by atoms with Gasteiger partial charge in [0.25, 0.3) is 5.91 Å². The van der Waals surface area contributed by atoms with Gasteiger partial charge in [-0.05, 0) is 41.8 Å². The number of benzene rings is 3. The zero-order valence-electron chi connectivity index (χ0n) is 17.2. The van der Waals surface area contributed by atoms with Crippen molar-refractivity contribution in [1.29, 1.82) is 0 Å². The number of halogens is 2. The fourth-order valence-electron chi connectivity index (χ4n) is 4.43. The number of anilines is 2. The van der Waals surface area contributed by atoms with Gasteiger partial charge in [0, 0.05) is 0 Å². The molecule has 0 unspecified atom stereocenters. The van der Waals surface area contributed by atoms with E-state index >= 15 is 0 Å². The lowest BCUT2D eigenvalue weighted by atomic mass is 9.90. The highest BCUT2D eigenvalue weighted by molar-refractivity contribution is 6.42. The van der Waals surface area contributed by atoms with Crippen LogP contribution in [-0.4, -0.2) is 17.9 Å². The molecule has 2 aliphatic rings. The smallest absolute Gasteiger partial charge is 0.266 e. The molecule has 0 aromatic heterocycles. The first-order valence-electron chi connectivity index (χ1n) is 10.4. The van der Waals surface area contributed by atoms with E-state index in [1.54, 1.807) is 23.3 Å². The fourth-order valence-corrected chi connectivity index (χ4v) is 4.99. The number of imide groups is 1. The summed E-state index contributed by atoms with van der Waals surface area (Å²) in [7, 11) is 0. The van der Waals surface area contributed by atoms with Gasteiger partial charge in [-0.3, -0.25) is 14.4 Å². The third-order valence-corrected chi connectivity index (χ3v) is 6.63. The molecule has 3 atom stereocenters. The summed E-state index contributed by atoms with van der Waals surface area (Å²) in [5, 5.41) is 2.16. The Morgan fingerprint density at radius 3 is 2.12 bits per heavy atom. The van der Waals surface area contributed by atoms with Crippen molar-refractivity contribution >= 4 is 46.4 Å². The third-order valence-electron chi connectivity index (χ3n) is 6.02. The van der Waals surface area contributed by atoms with E-state index in [1.807, 2.05) is 54.6 Å². The minimum atomic E-state index is -0.967. The quantitative estimate of drug-likeness (QED) is 0.469. The van der Waals surface area contributed by atoms with Crippen molar-refractivity contribution in [3.05, 3.63) is 94.0 Å². The van der Waals surface area contributed by atoms with Gasteiger partial charge in [-0.1, -0.05) is 78.7 Å². The second-order valence-corrected chi connectivity index (χ2v) is 8.65. The molecule has 162 valence electrons. The molecule has 0 bridgehead atoms. The highest BCUT2D eigenvalue weighted by Gasteiger charge is 2.60. The highest BCUT2D eigenvalue weighted by Crippen LogP contribution is 2.49. The number of para-hydroxylation sites is 2. The lowest BCUT2D eigenvalue weighted by molar-refractivity contribution is -0.126. The average Bonchev–Trinajstić information content (AvgIpc) is 3.31. The average molecular weight is 467 g/mol. The Labute approximate surface area is 196 Å². The van der Waals surface area contributed by atoms with Crippen molar-refractivity contribution in [3.63, 3.8) is 0 Å². The Balaban J connectivity index is 1.60. The second-order valence-electron chi connectivity index (χ2n) is 7.84. The zero-order valence-corrected chi connectivity index (χ0v) is 18.8. The van der Waals surface area contributed by atoms with Crippen LogP contribution in [0.1, 0.15) is 24.1 Å². The largest absolute Gasteiger partial charge is 0.273 e. The molecule has 0 aliphatic carbocycles. The van der Waals surface area contributed by atoms with Crippen LogP contribution < -0.4 is 9.96 Å². The van der Waals surface area contributed by atoms with E-state index in [2.05, 4.69) is 6.92 Å². The van der Waals surface area contributed by atoms with Crippen LogP contribution >= 0.6 is 23.2 Å². The molecule has 2 fully saturated rings. The molecule has 2 amide bonds. The van der Waals surface area contributed by atoms with Crippen LogP contribution in [0.4, 0.5) is 11.4 Å². The number of hydrogen-bond acceptors (Lipinski definition) is 4. The normalized spacial score (nSPS) is 22.5. The second kappa shape index (κ2) is 8.24. The fraction of sp³-hybridized carbons (Fsp3) is 0.200. The maximum absolute atomic E-state index is 13.7. The molecule has 3 aromatic carbocycles. The van der Waals surface area contributed by atoms with E-state index in [0.29, 0.717) is 0 Å². The van der Waals surface area contributed by atoms with Crippen LogP contribution in [0.15, 0.2) is 72.8 Å². The van der Waals surface area contributed by atoms with Crippen LogP contribution in [0.2, 0.25) is 10.0 Å². The Morgan fingerprint density at radius 2 is 1.50 bits per heavy atom. The molecule has 0 radical (unpaired) electrons. The van der Waals surface area contributed by atoms with Crippen molar-refractivity contribution in [2.45, 2.75) is 25.5 Å². The van der Waals surface area contributed by atoms with Crippen molar-refractivity contribution < 1.29 is 14.4 Å². The number of aryl methyl sites for hydroxylation is 1. The molecule has 2 aliphatic heterocycles. The first-order valence-corrected chi connectivity index (χ1v) is 11.2. The Morgan fingerprint density at radius 1 is 0.844 bits per heavy atom. The van der Waals surface area contributed by atoms with Gasteiger partial charge in [-0.15, -0.1) is 0 Å². The van der Waals surface area contributed by atoms with Crippen LogP contribution in [0.25, 0.3) is 0 Å². The van der Waals surface area contributed by atoms with Gasteiger partial charge in [0.1, 0.15) is 5.92 Å². The number of hydroxylamine groups is 1. The van der Waals surface area contributed by atoms with E-state index in [4.69, 9.17) is 28.0 Å². The zero-order chi connectivity index (χ0) is 22.4. The van der Waals surface area contributed by atoms with Crippen LogP contribution in [0.5, 0.6) is 0 Å². The van der Waals surface area contributed by atoms with E-state index in [1.165, 1.54) is 5.56 Å². The summed E-state index contributed by atoms with van der Waals surface area (Å²) in [5.74, 6) is -1.58. The molecule has 32 heavy (non-hydrogen) atoms. The van der Waals surface area contributed by atoms with E-state index < -0.39 is 24.0 Å². The number of nitrogens with zero attached hydrogens (tertiary/aromatic N) is 2. The van der Waals surface area contributed by atoms with Gasteiger partial charge >= 0.3 is 0 Å². The molecular weight excluding hydrogens is 447 g/mol. The molecule has 2 saturated heterocycles. The lowest BCUT2D eigenvalue weighted by Crippen LogP contribution is -2.37. The summed E-state index contributed by atoms with van der Waals surface area (Å²) in [6.45, 7) is 2.09. The molecular formula is C25H20Cl2N2O3. The van der Waals surface area contributed by atoms with Gasteiger partial charge in [-0.2, -0.15) is 0 Å². The van der Waals surface area contributed by atoms with Gasteiger partial charge in [-0.25, -0.2) is 9.96 Å². The number of hydrogen-bond donors (Lipinski definition) is 0. The highest BCUT2D eigenvalue weighted by atomic mass is 35.5. The minimum Gasteiger partial charge on any atom is -0.273 e. The predicted octanol–water partition coefficient (Wildman–Crippen LogP) is 5.61. The predicted molar refractivity (Wildman–Crippen MR) is 125 cm³/mol. The SMILES string of the molecule is CCc1ccc([C@H]2[C@H]3C(=O)N(c4c(Cl)cccc4Cl)C(=O)[C@@H]3ON2c2ccccc2)cc1. The first-order chi connectivity index (χ1) is 15.5. The van der Waals surface area contributed by atoms with E-state index in [0.717, 1.165) is 22.6 Å². The van der Waals surface area contributed by atoms with Crippen LogP contribution in [0.3, 0.4) is 0 Å². The molecule has 2 heterocycles. The summed E-state index contributed by atoms with van der Waals surface area (Å²) >= 11 is 12.7. The number of carbonyl (C=O) groups excluding carboxylic acids is 2. The number of carbonyl (C=O) groups is 2. The Hall–Kier alpha value is -2.86. The van der Waals surface area contributed by atoms with Crippen molar-refractivity contribution in [2.75, 3.05) is 9.96 Å².